The summed E-state index contributed by atoms with van der Waals surface area (Å²) < 4.78 is 23.4. The predicted molar refractivity (Wildman–Crippen MR) is 59.7 cm³/mol. The van der Waals surface area contributed by atoms with Crippen LogP contribution in [0.15, 0.2) is 12.1 Å². The molecule has 0 saturated heterocycles. The maximum atomic E-state index is 13.5. The number of hydrogen-bond acceptors (Lipinski definition) is 3. The highest BCUT2D eigenvalue weighted by atomic mass is 19.1. The number of methoxy groups -OCH3 is 2. The van der Waals surface area contributed by atoms with Gasteiger partial charge in [0, 0.05) is 7.11 Å². The molecule has 1 atom stereocenters. The molecule has 1 aromatic rings. The van der Waals surface area contributed by atoms with E-state index in [0.717, 1.165) is 0 Å². The van der Waals surface area contributed by atoms with E-state index < -0.39 is 17.7 Å². The number of carbonyl (C=O) groups is 1. The molecule has 0 aliphatic rings. The van der Waals surface area contributed by atoms with Crippen LogP contribution in [0.4, 0.5) is 4.39 Å². The van der Waals surface area contributed by atoms with Crippen molar-refractivity contribution in [2.45, 2.75) is 19.4 Å². The Morgan fingerprint density at radius 3 is 2.59 bits per heavy atom. The van der Waals surface area contributed by atoms with E-state index in [1.165, 1.54) is 33.3 Å². The lowest BCUT2D eigenvalue weighted by Crippen LogP contribution is -2.11. The zero-order valence-corrected chi connectivity index (χ0v) is 9.99. The van der Waals surface area contributed by atoms with E-state index in [1.807, 2.05) is 0 Å². The summed E-state index contributed by atoms with van der Waals surface area (Å²) in [6.45, 7) is 1.71. The Bertz CT molecular complexity index is 417. The van der Waals surface area contributed by atoms with E-state index in [0.29, 0.717) is 11.1 Å². The number of benzene rings is 1. The summed E-state index contributed by atoms with van der Waals surface area (Å²) in [6.07, 6.45) is 0. The molecule has 0 saturated carbocycles. The monoisotopic (exact) mass is 242 g/mol. The third-order valence-corrected chi connectivity index (χ3v) is 2.55. The van der Waals surface area contributed by atoms with Crippen molar-refractivity contribution in [1.29, 1.82) is 0 Å². The Hall–Kier alpha value is -1.62. The Morgan fingerprint density at radius 2 is 2.12 bits per heavy atom. The van der Waals surface area contributed by atoms with Crippen molar-refractivity contribution in [1.82, 2.24) is 0 Å². The lowest BCUT2D eigenvalue weighted by atomic mass is 9.95. The van der Waals surface area contributed by atoms with Gasteiger partial charge in [-0.15, -0.1) is 0 Å². The largest absolute Gasteiger partial charge is 0.494 e. The van der Waals surface area contributed by atoms with Crippen LogP contribution in [0.2, 0.25) is 0 Å². The second kappa shape index (κ2) is 5.63. The highest BCUT2D eigenvalue weighted by molar-refractivity contribution is 5.76. The minimum Gasteiger partial charge on any atom is -0.494 e. The first-order valence-electron chi connectivity index (χ1n) is 5.09. The molecule has 0 spiro atoms. The average Bonchev–Trinajstić information content (AvgIpc) is 2.30. The molecule has 1 aromatic carbocycles. The van der Waals surface area contributed by atoms with Gasteiger partial charge in [-0.3, -0.25) is 4.79 Å². The maximum absolute atomic E-state index is 13.5. The Balaban J connectivity index is 3.26. The summed E-state index contributed by atoms with van der Waals surface area (Å²) in [5.74, 6) is -2.29. The molecule has 0 aromatic heterocycles. The molecule has 17 heavy (non-hydrogen) atoms. The SMILES string of the molecule is COCc1cc(OC)c(F)cc1C(C)C(=O)O. The first kappa shape index (κ1) is 13.4. The van der Waals surface area contributed by atoms with E-state index in [2.05, 4.69) is 0 Å². The van der Waals surface area contributed by atoms with Crippen molar-refractivity contribution < 1.29 is 23.8 Å². The normalized spacial score (nSPS) is 12.2. The Morgan fingerprint density at radius 1 is 1.47 bits per heavy atom. The first-order chi connectivity index (χ1) is 8.01. The van der Waals surface area contributed by atoms with Gasteiger partial charge >= 0.3 is 5.97 Å². The van der Waals surface area contributed by atoms with Gasteiger partial charge in [-0.2, -0.15) is 0 Å². The molecule has 0 fully saturated rings. The van der Waals surface area contributed by atoms with E-state index in [4.69, 9.17) is 14.6 Å². The first-order valence-corrected chi connectivity index (χ1v) is 5.09. The van der Waals surface area contributed by atoms with Crippen LogP contribution in [0.5, 0.6) is 5.75 Å². The summed E-state index contributed by atoms with van der Waals surface area (Å²) in [7, 11) is 2.85. The highest BCUT2D eigenvalue weighted by Crippen LogP contribution is 2.28. The van der Waals surface area contributed by atoms with Crippen molar-refractivity contribution in [3.8, 4) is 5.75 Å². The molecule has 1 unspecified atom stereocenters. The fraction of sp³-hybridized carbons (Fsp3) is 0.417. The standard InChI is InChI=1S/C12H15FO4/c1-7(12(14)15)9-5-10(13)11(17-3)4-8(9)6-16-2/h4-5,7H,6H2,1-3H3,(H,14,15). The van der Waals surface area contributed by atoms with Gasteiger partial charge in [0.05, 0.1) is 19.6 Å². The van der Waals surface area contributed by atoms with Crippen LogP contribution >= 0.6 is 0 Å². The third-order valence-electron chi connectivity index (χ3n) is 2.55. The third kappa shape index (κ3) is 2.94. The molecular weight excluding hydrogens is 227 g/mol. The zero-order valence-electron chi connectivity index (χ0n) is 9.99. The van der Waals surface area contributed by atoms with E-state index in [-0.39, 0.29) is 12.4 Å². The molecule has 0 amide bonds. The summed E-state index contributed by atoms with van der Waals surface area (Å²) in [6, 6.07) is 2.65. The number of carboxylic acids is 1. The van der Waals surface area contributed by atoms with E-state index in [9.17, 15) is 9.18 Å². The second-order valence-corrected chi connectivity index (χ2v) is 3.68. The molecule has 5 heteroatoms. The minimum atomic E-state index is -1.01. The van der Waals surface area contributed by atoms with E-state index in [1.54, 1.807) is 0 Å². The van der Waals surface area contributed by atoms with Crippen LogP contribution in [0.3, 0.4) is 0 Å². The summed E-state index contributed by atoms with van der Waals surface area (Å²) >= 11 is 0. The molecule has 1 N–H and O–H groups in total. The summed E-state index contributed by atoms with van der Waals surface area (Å²) in [4.78, 5) is 10.9. The van der Waals surface area contributed by atoms with Crippen molar-refractivity contribution >= 4 is 5.97 Å². The lowest BCUT2D eigenvalue weighted by molar-refractivity contribution is -0.138. The zero-order chi connectivity index (χ0) is 13.0. The average molecular weight is 242 g/mol. The van der Waals surface area contributed by atoms with Crippen molar-refractivity contribution in [3.05, 3.63) is 29.1 Å². The fourth-order valence-corrected chi connectivity index (χ4v) is 1.58. The minimum absolute atomic E-state index is 0.0818. The molecule has 0 bridgehead atoms. The number of ether oxygens (including phenoxy) is 2. The Labute approximate surface area is 99.0 Å². The van der Waals surface area contributed by atoms with Gasteiger partial charge in [0.15, 0.2) is 11.6 Å². The number of hydrogen-bond donors (Lipinski definition) is 1. The number of halogens is 1. The van der Waals surface area contributed by atoms with Gasteiger partial charge in [-0.1, -0.05) is 0 Å². The molecule has 94 valence electrons. The van der Waals surface area contributed by atoms with Crippen molar-refractivity contribution in [2.24, 2.45) is 0 Å². The van der Waals surface area contributed by atoms with Gasteiger partial charge in [-0.05, 0) is 30.2 Å². The lowest BCUT2D eigenvalue weighted by Gasteiger charge is -2.14. The Kier molecular flexibility index (Phi) is 4.45. The second-order valence-electron chi connectivity index (χ2n) is 3.68. The van der Waals surface area contributed by atoms with Crippen LogP contribution in [0.25, 0.3) is 0 Å². The molecule has 0 aliphatic carbocycles. The predicted octanol–water partition coefficient (Wildman–Crippen LogP) is 2.17. The van der Waals surface area contributed by atoms with Crippen molar-refractivity contribution in [3.63, 3.8) is 0 Å². The number of aliphatic carboxylic acids is 1. The van der Waals surface area contributed by atoms with Gasteiger partial charge in [0.1, 0.15) is 0 Å². The number of carboxylic acid groups (broad SMARTS) is 1. The van der Waals surface area contributed by atoms with E-state index >= 15 is 0 Å². The summed E-state index contributed by atoms with van der Waals surface area (Å²) in [5.41, 5.74) is 1.01. The molecule has 0 heterocycles. The van der Waals surface area contributed by atoms with Gasteiger partial charge in [0.25, 0.3) is 0 Å². The van der Waals surface area contributed by atoms with Gasteiger partial charge in [0.2, 0.25) is 0 Å². The maximum Gasteiger partial charge on any atom is 0.310 e. The highest BCUT2D eigenvalue weighted by Gasteiger charge is 2.20. The smallest absolute Gasteiger partial charge is 0.310 e. The van der Waals surface area contributed by atoms with Crippen LogP contribution in [-0.4, -0.2) is 25.3 Å². The quantitative estimate of drug-likeness (QED) is 0.859. The summed E-state index contributed by atoms with van der Waals surface area (Å²) in [5, 5.41) is 8.95. The van der Waals surface area contributed by atoms with Gasteiger partial charge < -0.3 is 14.6 Å². The van der Waals surface area contributed by atoms with Crippen LogP contribution in [0.1, 0.15) is 24.0 Å². The van der Waals surface area contributed by atoms with Crippen LogP contribution < -0.4 is 4.74 Å². The van der Waals surface area contributed by atoms with Crippen LogP contribution in [0, 0.1) is 5.82 Å². The topological polar surface area (TPSA) is 55.8 Å². The molecule has 1 rings (SSSR count). The molecule has 0 aliphatic heterocycles. The number of rotatable bonds is 5. The van der Waals surface area contributed by atoms with Crippen LogP contribution in [-0.2, 0) is 16.1 Å². The fourth-order valence-electron chi connectivity index (χ4n) is 1.58. The van der Waals surface area contributed by atoms with Gasteiger partial charge in [-0.25, -0.2) is 4.39 Å². The molecule has 0 radical (unpaired) electrons. The molecule has 4 nitrogen and oxygen atoms in total. The van der Waals surface area contributed by atoms with Crippen molar-refractivity contribution in [2.75, 3.05) is 14.2 Å². The molecular formula is C12H15FO4.